The second kappa shape index (κ2) is 3.33. The average molecular weight is 161 g/mol. The first-order valence-electron chi connectivity index (χ1n) is 2.97. The normalized spacial score (nSPS) is 26.0. The third-order valence-corrected chi connectivity index (χ3v) is 2.13. The summed E-state index contributed by atoms with van der Waals surface area (Å²) in [5.74, 6) is 1.51. The van der Waals surface area contributed by atoms with Crippen molar-refractivity contribution in [3.63, 3.8) is 0 Å². The first kappa shape index (κ1) is 7.23. The van der Waals surface area contributed by atoms with E-state index in [9.17, 15) is 0 Å². The minimum atomic E-state index is 0.593. The van der Waals surface area contributed by atoms with E-state index in [0.29, 0.717) is 5.92 Å². The molecule has 0 amide bonds. The average Bonchev–Trinajstić information content (AvgIpc) is 1.90. The summed E-state index contributed by atoms with van der Waals surface area (Å²) in [6.45, 7) is 0. The Morgan fingerprint density at radius 1 is 1.78 bits per heavy atom. The second-order valence-corrected chi connectivity index (χ2v) is 2.93. The molecule has 0 aliphatic heterocycles. The van der Waals surface area contributed by atoms with Crippen LogP contribution in [0, 0.1) is 5.92 Å². The standard InChI is InChI=1S/C7H9ClS/c8-7-3-1-6(5-9)2-4-7/h1,3-4,6,9H,2,5H2. The first-order chi connectivity index (χ1) is 4.33. The van der Waals surface area contributed by atoms with Crippen molar-refractivity contribution in [2.45, 2.75) is 6.42 Å². The molecule has 0 aromatic rings. The molecular weight excluding hydrogens is 152 g/mol. The summed E-state index contributed by atoms with van der Waals surface area (Å²) in [7, 11) is 0. The summed E-state index contributed by atoms with van der Waals surface area (Å²) in [6.07, 6.45) is 7.11. The number of thiol groups is 1. The molecule has 1 unspecified atom stereocenters. The van der Waals surface area contributed by atoms with E-state index in [1.807, 2.05) is 12.2 Å². The van der Waals surface area contributed by atoms with Gasteiger partial charge in [0.25, 0.3) is 0 Å². The fourth-order valence-electron chi connectivity index (χ4n) is 0.774. The topological polar surface area (TPSA) is 0 Å². The van der Waals surface area contributed by atoms with Crippen molar-refractivity contribution in [3.8, 4) is 0 Å². The molecule has 0 fully saturated rings. The zero-order valence-electron chi connectivity index (χ0n) is 5.05. The van der Waals surface area contributed by atoms with Crippen LogP contribution in [0.2, 0.25) is 0 Å². The molecule has 1 atom stereocenters. The van der Waals surface area contributed by atoms with Crippen LogP contribution >= 0.6 is 24.2 Å². The van der Waals surface area contributed by atoms with Gasteiger partial charge in [-0.1, -0.05) is 23.8 Å². The zero-order chi connectivity index (χ0) is 6.69. The van der Waals surface area contributed by atoms with Crippen molar-refractivity contribution >= 4 is 24.2 Å². The molecule has 0 radical (unpaired) electrons. The van der Waals surface area contributed by atoms with E-state index in [1.54, 1.807) is 0 Å². The van der Waals surface area contributed by atoms with Crippen molar-refractivity contribution < 1.29 is 0 Å². The summed E-state index contributed by atoms with van der Waals surface area (Å²) in [5.41, 5.74) is 0. The van der Waals surface area contributed by atoms with E-state index in [4.69, 9.17) is 11.6 Å². The van der Waals surface area contributed by atoms with E-state index in [1.165, 1.54) is 0 Å². The van der Waals surface area contributed by atoms with Gasteiger partial charge in [0.1, 0.15) is 0 Å². The summed E-state index contributed by atoms with van der Waals surface area (Å²) in [5, 5.41) is 0.855. The zero-order valence-corrected chi connectivity index (χ0v) is 6.70. The highest BCUT2D eigenvalue weighted by atomic mass is 35.5. The van der Waals surface area contributed by atoms with Crippen molar-refractivity contribution in [3.05, 3.63) is 23.3 Å². The molecule has 50 valence electrons. The van der Waals surface area contributed by atoms with E-state index in [2.05, 4.69) is 18.7 Å². The van der Waals surface area contributed by atoms with E-state index in [-0.39, 0.29) is 0 Å². The smallest absolute Gasteiger partial charge is 0.0363 e. The Labute approximate surface area is 66.0 Å². The third kappa shape index (κ3) is 2.07. The van der Waals surface area contributed by atoms with Crippen molar-refractivity contribution in [1.82, 2.24) is 0 Å². The minimum absolute atomic E-state index is 0.593. The van der Waals surface area contributed by atoms with E-state index >= 15 is 0 Å². The molecule has 1 aliphatic carbocycles. The monoisotopic (exact) mass is 160 g/mol. The van der Waals surface area contributed by atoms with Gasteiger partial charge in [0.2, 0.25) is 0 Å². The lowest BCUT2D eigenvalue weighted by molar-refractivity contribution is 0.750. The van der Waals surface area contributed by atoms with E-state index in [0.717, 1.165) is 17.2 Å². The Bertz CT molecular complexity index is 149. The van der Waals surface area contributed by atoms with Gasteiger partial charge in [-0.2, -0.15) is 12.6 Å². The largest absolute Gasteiger partial charge is 0.179 e. The molecule has 1 aliphatic rings. The molecule has 0 saturated heterocycles. The Morgan fingerprint density at radius 2 is 2.56 bits per heavy atom. The van der Waals surface area contributed by atoms with Gasteiger partial charge in [0, 0.05) is 5.03 Å². The lowest BCUT2D eigenvalue weighted by Crippen LogP contribution is -1.98. The second-order valence-electron chi connectivity index (χ2n) is 2.13. The maximum absolute atomic E-state index is 5.69. The number of allylic oxidation sites excluding steroid dienone is 4. The third-order valence-electron chi connectivity index (χ3n) is 1.38. The van der Waals surface area contributed by atoms with Crippen LogP contribution in [0.1, 0.15) is 6.42 Å². The molecule has 0 aromatic carbocycles. The lowest BCUT2D eigenvalue weighted by Gasteiger charge is -2.09. The Kier molecular flexibility index (Phi) is 2.67. The Morgan fingerprint density at radius 3 is 3.00 bits per heavy atom. The maximum Gasteiger partial charge on any atom is 0.0363 e. The summed E-state index contributed by atoms with van der Waals surface area (Å²) < 4.78 is 0. The highest BCUT2D eigenvalue weighted by Crippen LogP contribution is 2.18. The van der Waals surface area contributed by atoms with Crippen LogP contribution in [-0.2, 0) is 0 Å². The molecular formula is C7H9ClS. The van der Waals surface area contributed by atoms with Crippen molar-refractivity contribution in [1.29, 1.82) is 0 Å². The predicted molar refractivity (Wildman–Crippen MR) is 45.0 cm³/mol. The van der Waals surface area contributed by atoms with Crippen LogP contribution in [0.3, 0.4) is 0 Å². The first-order valence-corrected chi connectivity index (χ1v) is 3.98. The molecule has 0 nitrogen and oxygen atoms in total. The highest BCUT2D eigenvalue weighted by molar-refractivity contribution is 7.80. The quantitative estimate of drug-likeness (QED) is 0.561. The van der Waals surface area contributed by atoms with Gasteiger partial charge in [-0.15, -0.1) is 0 Å². The van der Waals surface area contributed by atoms with Crippen LogP contribution in [-0.4, -0.2) is 5.75 Å². The van der Waals surface area contributed by atoms with Crippen LogP contribution in [0.15, 0.2) is 23.3 Å². The number of hydrogen-bond donors (Lipinski definition) is 1. The number of hydrogen-bond acceptors (Lipinski definition) is 1. The van der Waals surface area contributed by atoms with Crippen LogP contribution in [0.25, 0.3) is 0 Å². The molecule has 0 N–H and O–H groups in total. The molecule has 1 rings (SSSR count). The number of rotatable bonds is 1. The van der Waals surface area contributed by atoms with Crippen molar-refractivity contribution in [2.24, 2.45) is 5.92 Å². The van der Waals surface area contributed by atoms with Gasteiger partial charge in [-0.25, -0.2) is 0 Å². The maximum atomic E-state index is 5.69. The van der Waals surface area contributed by atoms with Crippen molar-refractivity contribution in [2.75, 3.05) is 5.75 Å². The summed E-state index contributed by atoms with van der Waals surface area (Å²) in [6, 6.07) is 0. The number of halogens is 1. The molecule has 0 spiro atoms. The van der Waals surface area contributed by atoms with E-state index < -0.39 is 0 Å². The lowest BCUT2D eigenvalue weighted by atomic mass is 10.0. The summed E-state index contributed by atoms with van der Waals surface area (Å²) >= 11 is 9.86. The predicted octanol–water partition coefficient (Wildman–Crippen LogP) is 2.62. The molecule has 0 saturated carbocycles. The summed E-state index contributed by atoms with van der Waals surface area (Å²) in [4.78, 5) is 0. The van der Waals surface area contributed by atoms with Gasteiger partial charge < -0.3 is 0 Å². The van der Waals surface area contributed by atoms with Gasteiger partial charge in [-0.05, 0) is 24.2 Å². The van der Waals surface area contributed by atoms with Gasteiger partial charge in [-0.3, -0.25) is 0 Å². The van der Waals surface area contributed by atoms with Gasteiger partial charge >= 0.3 is 0 Å². The van der Waals surface area contributed by atoms with Crippen LogP contribution < -0.4 is 0 Å². The Hall–Kier alpha value is 0.120. The van der Waals surface area contributed by atoms with Crippen LogP contribution in [0.4, 0.5) is 0 Å². The molecule has 0 bridgehead atoms. The van der Waals surface area contributed by atoms with Gasteiger partial charge in [0.15, 0.2) is 0 Å². The Balaban J connectivity index is 2.48. The van der Waals surface area contributed by atoms with Gasteiger partial charge in [0.05, 0.1) is 0 Å². The molecule has 0 aromatic heterocycles. The molecule has 0 heterocycles. The SMILES string of the molecule is SCC1C=CC(Cl)=CC1. The molecule has 9 heavy (non-hydrogen) atoms. The molecule has 2 heteroatoms. The fraction of sp³-hybridized carbons (Fsp3) is 0.429. The minimum Gasteiger partial charge on any atom is -0.179 e. The fourth-order valence-corrected chi connectivity index (χ4v) is 1.21. The highest BCUT2D eigenvalue weighted by Gasteiger charge is 2.03. The van der Waals surface area contributed by atoms with Crippen LogP contribution in [0.5, 0.6) is 0 Å².